The van der Waals surface area contributed by atoms with E-state index in [4.69, 9.17) is 13.0 Å². The van der Waals surface area contributed by atoms with Gasteiger partial charge < -0.3 is 13.0 Å². The first-order valence-corrected chi connectivity index (χ1v) is 14.3. The molecule has 0 amide bonds. The Hall–Kier alpha value is -0.836. The molecule has 0 spiro atoms. The van der Waals surface area contributed by atoms with Crippen LogP contribution < -0.4 is 0 Å². The van der Waals surface area contributed by atoms with Gasteiger partial charge in [-0.15, -0.1) is 0 Å². The molecule has 2 rings (SSSR count). The molecule has 1 aromatic heterocycles. The fourth-order valence-corrected chi connectivity index (χ4v) is 8.73. The minimum absolute atomic E-state index is 0.518. The van der Waals surface area contributed by atoms with Crippen LogP contribution in [-0.2, 0) is 26.2 Å². The highest BCUT2D eigenvalue weighted by molar-refractivity contribution is 9.10. The number of nitrogens with zero attached hydrogens (tertiary/aromatic N) is 1. The van der Waals surface area contributed by atoms with Crippen LogP contribution in [0.2, 0.25) is 26.2 Å². The summed E-state index contributed by atoms with van der Waals surface area (Å²) in [5.74, 6) is 0. The molecule has 0 fully saturated rings. The third-order valence-electron chi connectivity index (χ3n) is 3.30. The molecule has 7 heteroatoms. The summed E-state index contributed by atoms with van der Waals surface area (Å²) in [5, 5.41) is 0. The second-order valence-corrected chi connectivity index (χ2v) is 14.4. The average Bonchev–Trinajstić information content (AvgIpc) is 2.53. The maximum atomic E-state index is 6.30. The molecule has 0 atom stereocenters. The molecular formula is C17H24BrNO3Si2. The van der Waals surface area contributed by atoms with E-state index in [2.05, 4.69) is 59.2 Å². The van der Waals surface area contributed by atoms with E-state index >= 15 is 0 Å². The van der Waals surface area contributed by atoms with Crippen molar-refractivity contribution >= 4 is 33.1 Å². The maximum absolute atomic E-state index is 6.30. The van der Waals surface area contributed by atoms with Crippen molar-refractivity contribution in [2.24, 2.45) is 0 Å². The van der Waals surface area contributed by atoms with E-state index in [0.29, 0.717) is 13.2 Å². The molecule has 0 aliphatic rings. The Bertz CT molecular complexity index is 636. The van der Waals surface area contributed by atoms with Crippen LogP contribution in [0.3, 0.4) is 0 Å². The summed E-state index contributed by atoms with van der Waals surface area (Å²) >= 11 is 3.44. The van der Waals surface area contributed by atoms with Gasteiger partial charge in [0.2, 0.25) is 0 Å². The second-order valence-electron chi connectivity index (χ2n) is 6.47. The molecule has 130 valence electrons. The molecule has 0 unspecified atom stereocenters. The molecule has 24 heavy (non-hydrogen) atoms. The summed E-state index contributed by atoms with van der Waals surface area (Å²) in [6.45, 7) is 9.31. The lowest BCUT2D eigenvalue weighted by molar-refractivity contribution is 0.184. The van der Waals surface area contributed by atoms with Gasteiger partial charge in [0.15, 0.2) is 0 Å². The van der Waals surface area contributed by atoms with E-state index in [1.807, 2.05) is 30.5 Å². The van der Waals surface area contributed by atoms with Crippen LogP contribution in [0.15, 0.2) is 53.3 Å². The average molecular weight is 426 g/mol. The first-order chi connectivity index (χ1) is 11.3. The van der Waals surface area contributed by atoms with Crippen molar-refractivity contribution in [2.45, 2.75) is 39.4 Å². The number of hydrogen-bond donors (Lipinski definition) is 0. The molecule has 1 aromatic carbocycles. The Morgan fingerprint density at radius 3 is 2.00 bits per heavy atom. The van der Waals surface area contributed by atoms with Crippen molar-refractivity contribution in [3.63, 3.8) is 0 Å². The monoisotopic (exact) mass is 425 g/mol. The molecule has 0 saturated carbocycles. The highest BCUT2D eigenvalue weighted by Crippen LogP contribution is 2.20. The summed E-state index contributed by atoms with van der Waals surface area (Å²) in [6.07, 6.45) is 3.58. The van der Waals surface area contributed by atoms with Crippen molar-refractivity contribution in [3.05, 3.63) is 64.4 Å². The smallest absolute Gasteiger partial charge is 0.323 e. The van der Waals surface area contributed by atoms with Crippen molar-refractivity contribution in [1.29, 1.82) is 0 Å². The summed E-state index contributed by atoms with van der Waals surface area (Å²) in [5.41, 5.74) is 2.19. The molecule has 1 heterocycles. The lowest BCUT2D eigenvalue weighted by atomic mass is 10.2. The van der Waals surface area contributed by atoms with Crippen LogP contribution in [0.25, 0.3) is 0 Å². The number of benzene rings is 1. The number of aromatic nitrogens is 1. The number of pyridine rings is 1. The van der Waals surface area contributed by atoms with E-state index in [0.717, 1.165) is 15.6 Å². The largest absolute Gasteiger partial charge is 0.415 e. The van der Waals surface area contributed by atoms with Gasteiger partial charge in [0.25, 0.3) is 0 Å². The Labute approximate surface area is 154 Å². The summed E-state index contributed by atoms with van der Waals surface area (Å²) in [7, 11) is -4.53. The van der Waals surface area contributed by atoms with E-state index in [-0.39, 0.29) is 0 Å². The fourth-order valence-electron chi connectivity index (χ4n) is 2.23. The molecular weight excluding hydrogens is 402 g/mol. The number of hydrogen-bond acceptors (Lipinski definition) is 4. The summed E-state index contributed by atoms with van der Waals surface area (Å²) in [4.78, 5) is 4.10. The van der Waals surface area contributed by atoms with Gasteiger partial charge in [-0.2, -0.15) is 0 Å². The maximum Gasteiger partial charge on any atom is 0.323 e. The minimum Gasteiger partial charge on any atom is -0.415 e. The van der Waals surface area contributed by atoms with E-state index in [9.17, 15) is 0 Å². The van der Waals surface area contributed by atoms with Crippen LogP contribution in [0.5, 0.6) is 0 Å². The SMILES string of the molecule is C[Si](C)(OCc1ccc(Br)cc1)O[Si](C)(C)OCc1cccnc1. The Balaban J connectivity index is 1.85. The summed E-state index contributed by atoms with van der Waals surface area (Å²) < 4.78 is 19.5. The third kappa shape index (κ3) is 6.96. The lowest BCUT2D eigenvalue weighted by Crippen LogP contribution is -2.48. The van der Waals surface area contributed by atoms with Crippen LogP contribution >= 0.6 is 15.9 Å². The molecule has 0 bridgehead atoms. The van der Waals surface area contributed by atoms with Crippen LogP contribution in [0.4, 0.5) is 0 Å². The third-order valence-corrected chi connectivity index (χ3v) is 9.44. The van der Waals surface area contributed by atoms with Gasteiger partial charge in [-0.25, -0.2) is 0 Å². The zero-order valence-corrected chi connectivity index (χ0v) is 18.2. The van der Waals surface area contributed by atoms with Crippen molar-refractivity contribution in [3.8, 4) is 0 Å². The number of halogens is 1. The Morgan fingerprint density at radius 2 is 1.46 bits per heavy atom. The van der Waals surface area contributed by atoms with Gasteiger partial charge >= 0.3 is 17.1 Å². The van der Waals surface area contributed by atoms with Gasteiger partial charge in [0.05, 0.1) is 13.2 Å². The van der Waals surface area contributed by atoms with E-state index in [1.165, 1.54) is 0 Å². The Morgan fingerprint density at radius 1 is 0.875 bits per heavy atom. The van der Waals surface area contributed by atoms with Crippen molar-refractivity contribution < 1.29 is 13.0 Å². The van der Waals surface area contributed by atoms with E-state index in [1.54, 1.807) is 6.20 Å². The van der Waals surface area contributed by atoms with Gasteiger partial charge in [0, 0.05) is 16.9 Å². The van der Waals surface area contributed by atoms with E-state index < -0.39 is 17.1 Å². The van der Waals surface area contributed by atoms with Crippen LogP contribution in [0, 0.1) is 0 Å². The van der Waals surface area contributed by atoms with Gasteiger partial charge in [-0.3, -0.25) is 4.98 Å². The fraction of sp³-hybridized carbons (Fsp3) is 0.353. The summed E-state index contributed by atoms with van der Waals surface area (Å²) in [6, 6.07) is 12.1. The van der Waals surface area contributed by atoms with Crippen molar-refractivity contribution in [1.82, 2.24) is 4.98 Å². The standard InChI is InChI=1S/C17H24BrNO3Si2/c1-23(2,20-13-15-7-9-17(18)10-8-15)22-24(3,4)21-14-16-6-5-11-19-12-16/h5-12H,13-14H2,1-4H3. The topological polar surface area (TPSA) is 40.6 Å². The predicted molar refractivity (Wildman–Crippen MR) is 104 cm³/mol. The lowest BCUT2D eigenvalue weighted by Gasteiger charge is -2.32. The Kier molecular flexibility index (Phi) is 6.91. The zero-order valence-electron chi connectivity index (χ0n) is 14.6. The molecule has 0 aliphatic carbocycles. The van der Waals surface area contributed by atoms with Crippen LogP contribution in [0.1, 0.15) is 11.1 Å². The van der Waals surface area contributed by atoms with Gasteiger partial charge in [0.1, 0.15) is 0 Å². The molecule has 2 aromatic rings. The first-order valence-electron chi connectivity index (χ1n) is 7.87. The van der Waals surface area contributed by atoms with Gasteiger partial charge in [-0.05, 0) is 55.5 Å². The highest BCUT2D eigenvalue weighted by Gasteiger charge is 2.36. The minimum atomic E-state index is -2.27. The second kappa shape index (κ2) is 8.51. The normalized spacial score (nSPS) is 12.4. The van der Waals surface area contributed by atoms with Crippen molar-refractivity contribution in [2.75, 3.05) is 0 Å². The molecule has 0 radical (unpaired) electrons. The highest BCUT2D eigenvalue weighted by atomic mass is 79.9. The zero-order chi connectivity index (χ0) is 17.6. The first kappa shape index (κ1) is 19.5. The number of rotatable bonds is 8. The molecule has 0 N–H and O–H groups in total. The molecule has 0 saturated heterocycles. The molecule has 0 aliphatic heterocycles. The van der Waals surface area contributed by atoms with Crippen LogP contribution in [-0.4, -0.2) is 22.1 Å². The quantitative estimate of drug-likeness (QED) is 0.557. The van der Waals surface area contributed by atoms with Gasteiger partial charge in [-0.1, -0.05) is 34.1 Å². The predicted octanol–water partition coefficient (Wildman–Crippen LogP) is 5.00. The molecule has 4 nitrogen and oxygen atoms in total.